The zero-order valence-electron chi connectivity index (χ0n) is 11.5. The number of pyridine rings is 1. The van der Waals surface area contributed by atoms with Crippen molar-refractivity contribution in [3.8, 4) is 6.07 Å². The highest BCUT2D eigenvalue weighted by molar-refractivity contribution is 5.58. The van der Waals surface area contributed by atoms with Gasteiger partial charge in [0.05, 0.1) is 5.52 Å². The van der Waals surface area contributed by atoms with Crippen LogP contribution in [-0.4, -0.2) is 40.5 Å². The van der Waals surface area contributed by atoms with Crippen LogP contribution in [0.4, 0.5) is 0 Å². The van der Waals surface area contributed by atoms with Crippen LogP contribution >= 0.6 is 0 Å². The summed E-state index contributed by atoms with van der Waals surface area (Å²) in [6.07, 6.45) is 4.17. The van der Waals surface area contributed by atoms with E-state index >= 15 is 0 Å². The van der Waals surface area contributed by atoms with Crippen LogP contribution in [0.15, 0.2) is 24.4 Å². The van der Waals surface area contributed by atoms with Crippen molar-refractivity contribution in [1.82, 2.24) is 14.3 Å². The highest BCUT2D eigenvalue weighted by Crippen LogP contribution is 2.28. The number of nitriles is 1. The molecule has 0 amide bonds. The third-order valence-corrected chi connectivity index (χ3v) is 4.08. The molecule has 20 heavy (non-hydrogen) atoms. The van der Waals surface area contributed by atoms with E-state index in [0.29, 0.717) is 11.6 Å². The Kier molecular flexibility index (Phi) is 3.68. The normalized spacial score (nSPS) is 17.4. The molecule has 1 fully saturated rings. The summed E-state index contributed by atoms with van der Waals surface area (Å²) < 4.78 is 2.07. The molecule has 0 atom stereocenters. The second-order valence-electron chi connectivity index (χ2n) is 5.29. The Morgan fingerprint density at radius 1 is 1.35 bits per heavy atom. The Balaban J connectivity index is 1.87. The van der Waals surface area contributed by atoms with E-state index in [-0.39, 0.29) is 0 Å². The van der Waals surface area contributed by atoms with Crippen molar-refractivity contribution in [2.75, 3.05) is 26.2 Å². The number of aromatic nitrogens is 2. The standard InChI is InChI=1S/C15H19N5/c16-6-10-19-8-4-12(5-9-19)15-18-13(11-17)14-3-1-2-7-20(14)15/h1-3,7,12H,4-6,8-10,16H2. The number of imidazole rings is 1. The zero-order chi connectivity index (χ0) is 13.9. The number of hydrogen-bond acceptors (Lipinski definition) is 4. The van der Waals surface area contributed by atoms with Crippen LogP contribution in [0.25, 0.3) is 5.52 Å². The smallest absolute Gasteiger partial charge is 0.166 e. The number of fused-ring (bicyclic) bond motifs is 1. The lowest BCUT2D eigenvalue weighted by Crippen LogP contribution is -2.36. The van der Waals surface area contributed by atoms with Gasteiger partial charge in [-0.1, -0.05) is 6.07 Å². The van der Waals surface area contributed by atoms with E-state index in [4.69, 9.17) is 5.73 Å². The molecule has 2 aromatic rings. The van der Waals surface area contributed by atoms with Crippen molar-refractivity contribution >= 4 is 5.52 Å². The molecule has 0 unspecified atom stereocenters. The molecule has 0 saturated carbocycles. The van der Waals surface area contributed by atoms with Crippen molar-refractivity contribution in [1.29, 1.82) is 5.26 Å². The van der Waals surface area contributed by atoms with Crippen LogP contribution in [0.1, 0.15) is 30.3 Å². The monoisotopic (exact) mass is 269 g/mol. The van der Waals surface area contributed by atoms with Gasteiger partial charge in [-0.25, -0.2) is 4.98 Å². The Labute approximate surface area is 118 Å². The van der Waals surface area contributed by atoms with Crippen LogP contribution < -0.4 is 5.73 Å². The number of likely N-dealkylation sites (tertiary alicyclic amines) is 1. The fraction of sp³-hybridized carbons (Fsp3) is 0.467. The maximum atomic E-state index is 9.21. The highest BCUT2D eigenvalue weighted by Gasteiger charge is 2.24. The van der Waals surface area contributed by atoms with E-state index in [2.05, 4.69) is 20.4 Å². The number of hydrogen-bond donors (Lipinski definition) is 1. The zero-order valence-corrected chi connectivity index (χ0v) is 11.5. The van der Waals surface area contributed by atoms with Gasteiger partial charge in [0.2, 0.25) is 0 Å². The van der Waals surface area contributed by atoms with Gasteiger partial charge in [-0.15, -0.1) is 0 Å². The molecule has 1 aliphatic rings. The van der Waals surface area contributed by atoms with Crippen LogP contribution in [0.5, 0.6) is 0 Å². The van der Waals surface area contributed by atoms with Crippen LogP contribution in [0.3, 0.4) is 0 Å². The molecule has 3 rings (SSSR count). The molecule has 5 heteroatoms. The summed E-state index contributed by atoms with van der Waals surface area (Å²) in [5.41, 5.74) is 7.05. The molecule has 0 radical (unpaired) electrons. The first-order chi connectivity index (χ1) is 9.83. The average molecular weight is 269 g/mol. The lowest BCUT2D eigenvalue weighted by Gasteiger charge is -2.30. The van der Waals surface area contributed by atoms with Gasteiger partial charge in [0, 0.05) is 25.2 Å². The number of rotatable bonds is 3. The maximum absolute atomic E-state index is 9.21. The van der Waals surface area contributed by atoms with Gasteiger partial charge in [0.15, 0.2) is 5.69 Å². The summed E-state index contributed by atoms with van der Waals surface area (Å²) in [5.74, 6) is 1.46. The van der Waals surface area contributed by atoms with Crippen molar-refractivity contribution in [2.45, 2.75) is 18.8 Å². The van der Waals surface area contributed by atoms with Crippen molar-refractivity contribution < 1.29 is 0 Å². The predicted octanol–water partition coefficient (Wildman–Crippen LogP) is 1.34. The van der Waals surface area contributed by atoms with Crippen LogP contribution in [0.2, 0.25) is 0 Å². The molecule has 104 valence electrons. The molecule has 1 aliphatic heterocycles. The average Bonchev–Trinajstić information content (AvgIpc) is 2.87. The summed E-state index contributed by atoms with van der Waals surface area (Å²) in [5, 5.41) is 9.21. The number of nitrogens with two attached hydrogens (primary N) is 1. The molecule has 1 saturated heterocycles. The van der Waals surface area contributed by atoms with Gasteiger partial charge in [0.1, 0.15) is 11.9 Å². The van der Waals surface area contributed by atoms with E-state index in [1.54, 1.807) is 0 Å². The molecule has 3 heterocycles. The minimum atomic E-state index is 0.432. The van der Waals surface area contributed by atoms with E-state index in [0.717, 1.165) is 50.4 Å². The molecular weight excluding hydrogens is 250 g/mol. The third-order valence-electron chi connectivity index (χ3n) is 4.08. The molecule has 0 aromatic carbocycles. The molecule has 0 aliphatic carbocycles. The van der Waals surface area contributed by atoms with E-state index in [9.17, 15) is 5.26 Å². The van der Waals surface area contributed by atoms with Gasteiger partial charge in [-0.3, -0.25) is 0 Å². The first-order valence-corrected chi connectivity index (χ1v) is 7.13. The molecular formula is C15H19N5. The summed E-state index contributed by atoms with van der Waals surface area (Å²) in [7, 11) is 0. The summed E-state index contributed by atoms with van der Waals surface area (Å²) >= 11 is 0. The lowest BCUT2D eigenvalue weighted by molar-refractivity contribution is 0.214. The summed E-state index contributed by atoms with van der Waals surface area (Å²) in [6, 6.07) is 8.10. The first kappa shape index (κ1) is 13.1. The van der Waals surface area contributed by atoms with Crippen LogP contribution in [0, 0.1) is 11.3 Å². The second-order valence-corrected chi connectivity index (χ2v) is 5.29. The van der Waals surface area contributed by atoms with Gasteiger partial charge >= 0.3 is 0 Å². The highest BCUT2D eigenvalue weighted by atomic mass is 15.1. The quantitative estimate of drug-likeness (QED) is 0.913. The van der Waals surface area contributed by atoms with Gasteiger partial charge < -0.3 is 15.0 Å². The Morgan fingerprint density at radius 3 is 2.85 bits per heavy atom. The third kappa shape index (κ3) is 2.28. The lowest BCUT2D eigenvalue weighted by atomic mass is 9.96. The fourth-order valence-electron chi connectivity index (χ4n) is 3.03. The van der Waals surface area contributed by atoms with E-state index in [1.807, 2.05) is 24.4 Å². The predicted molar refractivity (Wildman–Crippen MR) is 77.4 cm³/mol. The van der Waals surface area contributed by atoms with Crippen molar-refractivity contribution in [3.05, 3.63) is 35.9 Å². The minimum Gasteiger partial charge on any atom is -0.329 e. The summed E-state index contributed by atoms with van der Waals surface area (Å²) in [6.45, 7) is 3.81. The van der Waals surface area contributed by atoms with Crippen molar-refractivity contribution in [3.63, 3.8) is 0 Å². The maximum Gasteiger partial charge on any atom is 0.166 e. The van der Waals surface area contributed by atoms with Crippen molar-refractivity contribution in [2.24, 2.45) is 5.73 Å². The van der Waals surface area contributed by atoms with Gasteiger partial charge in [-0.05, 0) is 38.1 Å². The number of nitrogens with zero attached hydrogens (tertiary/aromatic N) is 4. The second kappa shape index (κ2) is 5.61. The molecule has 2 N–H and O–H groups in total. The molecule has 0 bridgehead atoms. The SMILES string of the molecule is N#Cc1nc(C2CCN(CCN)CC2)n2ccccc12. The Hall–Kier alpha value is -1.90. The Bertz CT molecular complexity index is 631. The summed E-state index contributed by atoms with van der Waals surface area (Å²) in [4.78, 5) is 6.96. The topological polar surface area (TPSA) is 70.3 Å². The van der Waals surface area contributed by atoms with E-state index in [1.165, 1.54) is 0 Å². The molecule has 0 spiro atoms. The minimum absolute atomic E-state index is 0.432. The largest absolute Gasteiger partial charge is 0.329 e. The number of piperidine rings is 1. The Morgan fingerprint density at radius 2 is 2.15 bits per heavy atom. The van der Waals surface area contributed by atoms with Crippen LogP contribution in [-0.2, 0) is 0 Å². The van der Waals surface area contributed by atoms with Gasteiger partial charge in [0.25, 0.3) is 0 Å². The first-order valence-electron chi connectivity index (χ1n) is 7.13. The molecule has 2 aromatic heterocycles. The van der Waals surface area contributed by atoms with E-state index < -0.39 is 0 Å². The molecule has 5 nitrogen and oxygen atoms in total. The van der Waals surface area contributed by atoms with Gasteiger partial charge in [-0.2, -0.15) is 5.26 Å². The fourth-order valence-corrected chi connectivity index (χ4v) is 3.03.